The molecule has 2 aromatic heterocycles. The van der Waals surface area contributed by atoms with Gasteiger partial charge >= 0.3 is 0 Å². The maximum atomic E-state index is 6.13. The van der Waals surface area contributed by atoms with E-state index in [4.69, 9.17) is 10.2 Å². The summed E-state index contributed by atoms with van der Waals surface area (Å²) in [6.45, 7) is 3.09. The number of aryl methyl sites for hydroxylation is 2. The summed E-state index contributed by atoms with van der Waals surface area (Å²) in [6.07, 6.45) is 8.43. The fourth-order valence-corrected chi connectivity index (χ4v) is 1.84. The zero-order chi connectivity index (χ0) is 12.1. The lowest BCUT2D eigenvalue weighted by Gasteiger charge is -2.07. The van der Waals surface area contributed by atoms with Crippen molar-refractivity contribution >= 4 is 0 Å². The summed E-state index contributed by atoms with van der Waals surface area (Å²) in [5.74, 6) is 0.987. The average molecular weight is 233 g/mol. The van der Waals surface area contributed by atoms with Crippen molar-refractivity contribution in [1.29, 1.82) is 0 Å². The van der Waals surface area contributed by atoms with Crippen LogP contribution in [0.2, 0.25) is 0 Å². The third kappa shape index (κ3) is 3.20. The number of aromatic nitrogens is 2. The molecule has 0 fully saturated rings. The number of furan rings is 1. The van der Waals surface area contributed by atoms with Gasteiger partial charge in [-0.15, -0.1) is 0 Å². The van der Waals surface area contributed by atoms with Gasteiger partial charge < -0.3 is 10.2 Å². The highest BCUT2D eigenvalue weighted by atomic mass is 16.3. The summed E-state index contributed by atoms with van der Waals surface area (Å²) in [5, 5.41) is 4.29. The highest BCUT2D eigenvalue weighted by Crippen LogP contribution is 2.16. The molecule has 0 amide bonds. The molecule has 2 aromatic rings. The van der Waals surface area contributed by atoms with E-state index in [2.05, 4.69) is 12.0 Å². The third-order valence-corrected chi connectivity index (χ3v) is 2.82. The molecule has 0 radical (unpaired) electrons. The average Bonchev–Trinajstić information content (AvgIpc) is 2.97. The number of hydrogen-bond acceptors (Lipinski definition) is 3. The predicted octanol–water partition coefficient (Wildman–Crippen LogP) is 2.52. The summed E-state index contributed by atoms with van der Waals surface area (Å²) in [4.78, 5) is 0. The van der Waals surface area contributed by atoms with E-state index in [1.54, 1.807) is 6.26 Å². The Kier molecular flexibility index (Phi) is 3.98. The van der Waals surface area contributed by atoms with Crippen LogP contribution in [-0.2, 0) is 13.0 Å². The minimum atomic E-state index is 0.0331. The van der Waals surface area contributed by atoms with Gasteiger partial charge in [-0.2, -0.15) is 5.10 Å². The van der Waals surface area contributed by atoms with Gasteiger partial charge in [0.05, 0.1) is 12.5 Å². The SMILES string of the molecule is CCCn1cc(C(N)CCc2ccco2)cn1. The van der Waals surface area contributed by atoms with E-state index in [1.165, 1.54) is 0 Å². The van der Waals surface area contributed by atoms with Crippen LogP contribution in [0.5, 0.6) is 0 Å². The van der Waals surface area contributed by atoms with Crippen molar-refractivity contribution in [2.45, 2.75) is 38.8 Å². The second kappa shape index (κ2) is 5.68. The topological polar surface area (TPSA) is 57.0 Å². The van der Waals surface area contributed by atoms with E-state index in [9.17, 15) is 0 Å². The van der Waals surface area contributed by atoms with Crippen molar-refractivity contribution in [3.63, 3.8) is 0 Å². The van der Waals surface area contributed by atoms with Crippen LogP contribution in [-0.4, -0.2) is 9.78 Å². The molecule has 1 atom stereocenters. The van der Waals surface area contributed by atoms with E-state index < -0.39 is 0 Å². The van der Waals surface area contributed by atoms with Crippen molar-refractivity contribution < 1.29 is 4.42 Å². The van der Waals surface area contributed by atoms with E-state index in [1.807, 2.05) is 29.2 Å². The van der Waals surface area contributed by atoms with Crippen molar-refractivity contribution in [3.8, 4) is 0 Å². The first kappa shape index (κ1) is 11.9. The summed E-state index contributed by atoms with van der Waals surface area (Å²) in [7, 11) is 0. The Labute approximate surface area is 101 Å². The molecule has 0 bridgehead atoms. The molecule has 0 aliphatic carbocycles. The van der Waals surface area contributed by atoms with Crippen LogP contribution >= 0.6 is 0 Å². The van der Waals surface area contributed by atoms with Crippen LogP contribution in [0.15, 0.2) is 35.2 Å². The largest absolute Gasteiger partial charge is 0.469 e. The van der Waals surface area contributed by atoms with Crippen LogP contribution in [0.1, 0.15) is 37.1 Å². The molecular weight excluding hydrogens is 214 g/mol. The van der Waals surface area contributed by atoms with Gasteiger partial charge in [0.15, 0.2) is 0 Å². The second-order valence-corrected chi connectivity index (χ2v) is 4.26. The number of nitrogens with zero attached hydrogens (tertiary/aromatic N) is 2. The standard InChI is InChI=1S/C13H19N3O/c1-2-7-16-10-11(9-15-16)13(14)6-5-12-4-3-8-17-12/h3-4,8-10,13H,2,5-7,14H2,1H3. The summed E-state index contributed by atoms with van der Waals surface area (Å²) < 4.78 is 7.23. The molecule has 0 aliphatic rings. The quantitative estimate of drug-likeness (QED) is 0.834. The molecule has 2 rings (SSSR count). The molecule has 4 heteroatoms. The maximum Gasteiger partial charge on any atom is 0.103 e. The predicted molar refractivity (Wildman–Crippen MR) is 66.5 cm³/mol. The Bertz CT molecular complexity index is 433. The van der Waals surface area contributed by atoms with Gasteiger partial charge in [0.1, 0.15) is 5.76 Å². The normalized spacial score (nSPS) is 12.8. The van der Waals surface area contributed by atoms with Crippen molar-refractivity contribution in [1.82, 2.24) is 9.78 Å². The zero-order valence-electron chi connectivity index (χ0n) is 10.2. The maximum absolute atomic E-state index is 6.13. The van der Waals surface area contributed by atoms with E-state index >= 15 is 0 Å². The zero-order valence-corrected chi connectivity index (χ0v) is 10.2. The van der Waals surface area contributed by atoms with Crippen molar-refractivity contribution in [2.75, 3.05) is 0 Å². The number of hydrogen-bond donors (Lipinski definition) is 1. The Hall–Kier alpha value is -1.55. The van der Waals surface area contributed by atoms with Gasteiger partial charge in [-0.1, -0.05) is 6.92 Å². The Morgan fingerprint density at radius 1 is 1.53 bits per heavy atom. The van der Waals surface area contributed by atoms with Gasteiger partial charge in [-0.05, 0) is 25.0 Å². The Morgan fingerprint density at radius 2 is 2.41 bits per heavy atom. The van der Waals surface area contributed by atoms with Gasteiger partial charge in [0.25, 0.3) is 0 Å². The molecule has 92 valence electrons. The van der Waals surface area contributed by atoms with Gasteiger partial charge in [-0.25, -0.2) is 0 Å². The van der Waals surface area contributed by atoms with Gasteiger partial charge in [-0.3, -0.25) is 4.68 Å². The first-order valence-electron chi connectivity index (χ1n) is 6.10. The van der Waals surface area contributed by atoms with Gasteiger partial charge in [0, 0.05) is 30.8 Å². The first-order chi connectivity index (χ1) is 8.29. The second-order valence-electron chi connectivity index (χ2n) is 4.26. The lowest BCUT2D eigenvalue weighted by Crippen LogP contribution is -2.10. The molecule has 0 spiro atoms. The fraction of sp³-hybridized carbons (Fsp3) is 0.462. The van der Waals surface area contributed by atoms with Crippen LogP contribution in [0.4, 0.5) is 0 Å². The summed E-state index contributed by atoms with van der Waals surface area (Å²) in [5.41, 5.74) is 7.23. The minimum absolute atomic E-state index is 0.0331. The number of rotatable bonds is 6. The molecule has 2 N–H and O–H groups in total. The van der Waals surface area contributed by atoms with Crippen LogP contribution in [0.3, 0.4) is 0 Å². The van der Waals surface area contributed by atoms with Crippen LogP contribution in [0.25, 0.3) is 0 Å². The molecule has 0 saturated heterocycles. The lowest BCUT2D eigenvalue weighted by molar-refractivity contribution is 0.488. The van der Waals surface area contributed by atoms with E-state index in [-0.39, 0.29) is 6.04 Å². The van der Waals surface area contributed by atoms with E-state index in [0.717, 1.165) is 37.1 Å². The molecule has 0 aromatic carbocycles. The smallest absolute Gasteiger partial charge is 0.103 e. The monoisotopic (exact) mass is 233 g/mol. The third-order valence-electron chi connectivity index (χ3n) is 2.82. The summed E-state index contributed by atoms with van der Waals surface area (Å²) in [6, 6.07) is 3.92. The molecule has 17 heavy (non-hydrogen) atoms. The summed E-state index contributed by atoms with van der Waals surface area (Å²) >= 11 is 0. The molecule has 0 aliphatic heterocycles. The van der Waals surface area contributed by atoms with Crippen LogP contribution < -0.4 is 5.73 Å². The highest BCUT2D eigenvalue weighted by molar-refractivity contribution is 5.10. The Balaban J connectivity index is 1.88. The first-order valence-corrected chi connectivity index (χ1v) is 6.10. The van der Waals surface area contributed by atoms with Crippen molar-refractivity contribution in [2.24, 2.45) is 5.73 Å². The van der Waals surface area contributed by atoms with E-state index in [0.29, 0.717) is 0 Å². The van der Waals surface area contributed by atoms with Gasteiger partial charge in [0.2, 0.25) is 0 Å². The minimum Gasteiger partial charge on any atom is -0.469 e. The lowest BCUT2D eigenvalue weighted by atomic mass is 10.1. The fourth-order valence-electron chi connectivity index (χ4n) is 1.84. The van der Waals surface area contributed by atoms with Crippen LogP contribution in [0, 0.1) is 0 Å². The molecule has 4 nitrogen and oxygen atoms in total. The van der Waals surface area contributed by atoms with Crippen molar-refractivity contribution in [3.05, 3.63) is 42.1 Å². The number of nitrogens with two attached hydrogens (primary N) is 1. The molecule has 0 saturated carbocycles. The highest BCUT2D eigenvalue weighted by Gasteiger charge is 2.09. The molecule has 1 unspecified atom stereocenters. The molecular formula is C13H19N3O. The molecule has 2 heterocycles. The Morgan fingerprint density at radius 3 is 3.12 bits per heavy atom.